The number of aromatic nitrogens is 3. The molecule has 13 heteroatoms. The molecule has 6 aromatic rings. The highest BCUT2D eigenvalue weighted by Gasteiger charge is 2.38. The van der Waals surface area contributed by atoms with Crippen molar-refractivity contribution in [2.45, 2.75) is 76.9 Å². The number of β-amino-alcohol motifs (C(OH)–C–C–N with tert-alkyl or cyclic N) is 1. The van der Waals surface area contributed by atoms with Gasteiger partial charge < -0.3 is 24.7 Å². The number of fused-ring (bicyclic) bond motifs is 4. The lowest BCUT2D eigenvalue weighted by molar-refractivity contribution is -0.0173. The molecule has 2 aromatic heterocycles. The molecule has 4 aliphatic rings. The number of hydrogen-bond donors (Lipinski definition) is 2. The molecule has 0 radical (unpaired) electrons. The van der Waals surface area contributed by atoms with E-state index in [1.165, 1.54) is 22.6 Å². The van der Waals surface area contributed by atoms with E-state index in [0.29, 0.717) is 64.2 Å². The van der Waals surface area contributed by atoms with Crippen LogP contribution in [0.2, 0.25) is 0 Å². The molecule has 2 fully saturated rings. The first-order valence-corrected chi connectivity index (χ1v) is 23.3. The number of phenols is 1. The maximum atomic E-state index is 16.4. The molecule has 64 heavy (non-hydrogen) atoms. The number of ether oxygens (including phenoxy) is 1. The van der Waals surface area contributed by atoms with E-state index in [-0.39, 0.29) is 29.3 Å². The smallest absolute Gasteiger partial charge is 0.162 e. The highest BCUT2D eigenvalue weighted by atomic mass is 32.1. The monoisotopic (exact) mass is 883 g/mol. The molecule has 0 amide bonds. The van der Waals surface area contributed by atoms with E-state index in [2.05, 4.69) is 75.7 Å². The Balaban J connectivity index is 0.800. The Morgan fingerprint density at radius 3 is 2.36 bits per heavy atom. The van der Waals surface area contributed by atoms with E-state index in [4.69, 9.17) is 9.73 Å². The number of nitrogens with zero attached hydrogens (tertiary/aromatic N) is 7. The number of halogens is 2. The second kappa shape index (κ2) is 16.7. The summed E-state index contributed by atoms with van der Waals surface area (Å²) in [5, 5.41) is 32.1. The number of aliphatic imine (C=N–C) groups is 1. The highest BCUT2D eigenvalue weighted by molar-refractivity contribution is 7.15. The van der Waals surface area contributed by atoms with Crippen molar-refractivity contribution in [1.29, 1.82) is 0 Å². The Labute approximate surface area is 377 Å². The molecule has 3 atom stereocenters. The van der Waals surface area contributed by atoms with Gasteiger partial charge in [0.15, 0.2) is 5.82 Å². The fourth-order valence-corrected chi connectivity index (χ4v) is 11.9. The number of methoxy groups -OCH3 is 1. The van der Waals surface area contributed by atoms with Gasteiger partial charge in [0.2, 0.25) is 0 Å². The minimum Gasteiger partial charge on any atom is -0.508 e. The second-order valence-corrected chi connectivity index (χ2v) is 19.4. The average Bonchev–Trinajstić information content (AvgIpc) is 3.79. The molecular formula is C51H55F2N7O3S. The lowest BCUT2D eigenvalue weighted by Gasteiger charge is -2.44. The Morgan fingerprint density at radius 1 is 0.844 bits per heavy atom. The zero-order chi connectivity index (χ0) is 44.4. The summed E-state index contributed by atoms with van der Waals surface area (Å²) < 4.78 is 40.9. The van der Waals surface area contributed by atoms with Crippen LogP contribution in [0.5, 0.6) is 11.5 Å². The van der Waals surface area contributed by atoms with Crippen LogP contribution in [0.3, 0.4) is 0 Å². The third-order valence-corrected chi connectivity index (χ3v) is 15.5. The van der Waals surface area contributed by atoms with Crippen molar-refractivity contribution < 1.29 is 23.7 Å². The first-order chi connectivity index (χ1) is 30.9. The van der Waals surface area contributed by atoms with Gasteiger partial charge in [-0.25, -0.2) is 8.78 Å². The molecule has 3 aliphatic heterocycles. The van der Waals surface area contributed by atoms with Crippen molar-refractivity contribution in [2.24, 2.45) is 4.99 Å². The van der Waals surface area contributed by atoms with Gasteiger partial charge in [0.25, 0.3) is 0 Å². The summed E-state index contributed by atoms with van der Waals surface area (Å²) >= 11 is 1.74. The van der Waals surface area contributed by atoms with Gasteiger partial charge in [0.1, 0.15) is 40.0 Å². The van der Waals surface area contributed by atoms with Gasteiger partial charge in [0.05, 0.1) is 24.1 Å². The molecule has 4 aromatic carbocycles. The zero-order valence-electron chi connectivity index (χ0n) is 37.1. The van der Waals surface area contributed by atoms with Gasteiger partial charge in [-0.15, -0.1) is 21.5 Å². The Bertz CT molecular complexity index is 2750. The first-order valence-electron chi connectivity index (χ1n) is 22.5. The average molecular weight is 884 g/mol. The van der Waals surface area contributed by atoms with Crippen molar-refractivity contribution >= 4 is 28.4 Å². The molecule has 0 spiro atoms. The molecule has 10 rings (SSSR count). The van der Waals surface area contributed by atoms with Crippen LogP contribution in [0.4, 0.5) is 20.2 Å². The van der Waals surface area contributed by atoms with Crippen LogP contribution < -0.4 is 14.5 Å². The number of piperidine rings is 1. The van der Waals surface area contributed by atoms with Crippen LogP contribution in [0.25, 0.3) is 5.00 Å². The number of benzene rings is 4. The lowest BCUT2D eigenvalue weighted by Crippen LogP contribution is -2.55. The molecular weight excluding hydrogens is 829 g/mol. The number of thiophene rings is 1. The molecule has 1 aliphatic carbocycles. The predicted octanol–water partition coefficient (Wildman–Crippen LogP) is 9.17. The Morgan fingerprint density at radius 2 is 1.61 bits per heavy atom. The molecule has 2 N–H and O–H groups in total. The number of aryl methyl sites for hydroxylation is 3. The number of aliphatic hydroxyl groups is 1. The normalized spacial score (nSPS) is 20.9. The third-order valence-electron chi connectivity index (χ3n) is 14.3. The summed E-state index contributed by atoms with van der Waals surface area (Å²) in [7, 11) is 1.70. The Hall–Kier alpha value is -5.63. The standard InChI is InChI=1S/C51H55F2N7O3S/c1-30-32(3)64-50-46(30)48(54-31(2)49-56-55-33(4)60(49)50)40-15-12-36(26-45(40)63-5)58-19-17-51(62,18-20-58)29-57-21-23-59(24-22-57)44-28-42(52)41(27-43(44)53)47-38(34-9-7-6-8-10-34)14-11-35-25-37(61)13-16-39(35)47/h6-10,12-13,15-16,25-28,31,38,47,61-62H,11,14,17-24,29H2,1-5H3/t31-,38-,47+/m0/s1. The molecule has 0 bridgehead atoms. The summed E-state index contributed by atoms with van der Waals surface area (Å²) in [6.45, 7) is 12.5. The quantitative estimate of drug-likeness (QED) is 0.156. The summed E-state index contributed by atoms with van der Waals surface area (Å²) in [6, 6.07) is 24.3. The zero-order valence-corrected chi connectivity index (χ0v) is 37.9. The largest absolute Gasteiger partial charge is 0.508 e. The van der Waals surface area contributed by atoms with Gasteiger partial charge in [-0.05, 0) is 117 Å². The Kier molecular flexibility index (Phi) is 11.1. The molecule has 0 saturated carbocycles. The number of rotatable bonds is 8. The summed E-state index contributed by atoms with van der Waals surface area (Å²) in [5.74, 6) is 1.32. The number of anilines is 2. The maximum Gasteiger partial charge on any atom is 0.162 e. The number of hydrogen-bond acceptors (Lipinski definition) is 10. The highest BCUT2D eigenvalue weighted by Crippen LogP contribution is 2.48. The second-order valence-electron chi connectivity index (χ2n) is 18.2. The molecule has 0 unspecified atom stereocenters. The lowest BCUT2D eigenvalue weighted by atomic mass is 9.69. The van der Waals surface area contributed by atoms with Gasteiger partial charge in [-0.2, -0.15) is 0 Å². The van der Waals surface area contributed by atoms with Crippen LogP contribution in [-0.4, -0.2) is 94.1 Å². The topological polar surface area (TPSA) is 102 Å². The number of piperazine rings is 1. The van der Waals surface area contributed by atoms with Gasteiger partial charge >= 0.3 is 0 Å². The van der Waals surface area contributed by atoms with Crippen LogP contribution >= 0.6 is 11.3 Å². The van der Waals surface area contributed by atoms with E-state index < -0.39 is 17.2 Å². The minimum absolute atomic E-state index is 0.0297. The van der Waals surface area contributed by atoms with Crippen LogP contribution in [0.15, 0.2) is 83.9 Å². The van der Waals surface area contributed by atoms with Crippen molar-refractivity contribution in [3.63, 3.8) is 0 Å². The summed E-state index contributed by atoms with van der Waals surface area (Å²) in [4.78, 5) is 13.0. The first kappa shape index (κ1) is 42.3. The molecule has 332 valence electrons. The maximum absolute atomic E-state index is 16.4. The van der Waals surface area contributed by atoms with Crippen molar-refractivity contribution in [3.05, 3.63) is 146 Å². The van der Waals surface area contributed by atoms with E-state index in [1.54, 1.807) is 30.6 Å². The summed E-state index contributed by atoms with van der Waals surface area (Å²) in [5.41, 5.74) is 7.87. The molecule has 2 saturated heterocycles. The SMILES string of the molecule is COc1cc(N2CCC(O)(CN3CCN(c4cc(F)c([C@H]5c6ccc(O)cc6CC[C@H]5c5ccccc5)cc4F)CC3)CC2)ccc1C1=N[C@@H](C)c2nnc(C)n2-c2sc(C)c(C)c21. The van der Waals surface area contributed by atoms with Crippen molar-refractivity contribution in [1.82, 2.24) is 19.7 Å². The summed E-state index contributed by atoms with van der Waals surface area (Å²) in [6.07, 6.45) is 2.73. The van der Waals surface area contributed by atoms with E-state index >= 15 is 8.78 Å². The third kappa shape index (κ3) is 7.54. The number of aromatic hydroxyl groups is 1. The van der Waals surface area contributed by atoms with Crippen molar-refractivity contribution in [2.75, 3.05) is 62.7 Å². The van der Waals surface area contributed by atoms with Crippen molar-refractivity contribution in [3.8, 4) is 16.5 Å². The number of phenolic OH excluding ortho intramolecular Hbond substituents is 1. The predicted molar refractivity (Wildman–Crippen MR) is 249 cm³/mol. The van der Waals surface area contributed by atoms with E-state index in [1.807, 2.05) is 36.1 Å². The van der Waals surface area contributed by atoms with Gasteiger partial charge in [-0.1, -0.05) is 36.4 Å². The van der Waals surface area contributed by atoms with E-state index in [0.717, 1.165) is 74.5 Å². The van der Waals surface area contributed by atoms with Crippen LogP contribution in [-0.2, 0) is 6.42 Å². The van der Waals surface area contributed by atoms with Gasteiger partial charge in [-0.3, -0.25) is 14.5 Å². The van der Waals surface area contributed by atoms with Crippen LogP contribution in [0, 0.1) is 32.4 Å². The molecule has 5 heterocycles. The fourth-order valence-electron chi connectivity index (χ4n) is 10.7. The van der Waals surface area contributed by atoms with E-state index in [9.17, 15) is 10.2 Å². The van der Waals surface area contributed by atoms with Crippen LogP contribution in [0.1, 0.15) is 99.5 Å². The van der Waals surface area contributed by atoms with Gasteiger partial charge in [0, 0.05) is 85.6 Å². The fraction of sp³-hybridized carbons (Fsp3) is 0.392. The minimum atomic E-state index is -0.864. The molecule has 10 nitrogen and oxygen atoms in total.